The second kappa shape index (κ2) is 13.0. The van der Waals surface area contributed by atoms with E-state index in [0.717, 1.165) is 56.4 Å². The number of fused-ring (bicyclic) bond motifs is 4. The predicted octanol–water partition coefficient (Wildman–Crippen LogP) is 6.24. The van der Waals surface area contributed by atoms with E-state index < -0.39 is 14.5 Å². The van der Waals surface area contributed by atoms with Crippen LogP contribution in [0, 0.1) is 22.7 Å². The molecule has 0 unspecified atom stereocenters. The van der Waals surface area contributed by atoms with Crippen LogP contribution in [0.5, 0.6) is 0 Å². The molecular weight excluding hydrogens is 506 g/mol. The highest BCUT2D eigenvalue weighted by Crippen LogP contribution is 2.26. The molecule has 0 aliphatic carbocycles. The maximum absolute atomic E-state index is 9.75. The molecule has 3 rings (SSSR count). The Morgan fingerprint density at radius 1 is 0.588 bits per heavy atom. The summed E-state index contributed by atoms with van der Waals surface area (Å²) < 4.78 is 78.0. The van der Waals surface area contributed by atoms with Gasteiger partial charge in [0.15, 0.2) is 0 Å². The summed E-state index contributed by atoms with van der Waals surface area (Å²) in [4.78, 5) is 0. The molecular formula is C20H20B2F8N2S2. The van der Waals surface area contributed by atoms with Crippen molar-refractivity contribution in [1.82, 2.24) is 0 Å². The number of hydrogen-bond donors (Lipinski definition) is 0. The first-order chi connectivity index (χ1) is 15.6. The zero-order valence-corrected chi connectivity index (χ0v) is 19.8. The molecule has 0 N–H and O–H groups in total. The number of hydrogen-bond acceptors (Lipinski definition) is 2. The van der Waals surface area contributed by atoms with E-state index in [9.17, 15) is 45.0 Å². The zero-order valence-electron chi connectivity index (χ0n) is 18.2. The molecule has 0 radical (unpaired) electrons. The van der Waals surface area contributed by atoms with Gasteiger partial charge >= 0.3 is 14.5 Å². The summed E-state index contributed by atoms with van der Waals surface area (Å²) in [7, 11) is -11.8. The summed E-state index contributed by atoms with van der Waals surface area (Å²) in [5.41, 5.74) is 6.39. The Morgan fingerprint density at radius 3 is 0.971 bits per heavy atom. The first-order valence-corrected chi connectivity index (χ1v) is 13.5. The smallest absolute Gasteiger partial charge is 0.418 e. The van der Waals surface area contributed by atoms with Crippen LogP contribution < -0.4 is 0 Å². The highest BCUT2D eigenvalue weighted by Gasteiger charge is 2.26. The Balaban J connectivity index is 0.000000489. The lowest BCUT2D eigenvalue weighted by Gasteiger charge is -2.14. The van der Waals surface area contributed by atoms with Crippen LogP contribution in [0.25, 0.3) is 0 Å². The largest absolute Gasteiger partial charge is 0.673 e. The molecule has 0 saturated carbocycles. The van der Waals surface area contributed by atoms with Crippen LogP contribution in [-0.2, 0) is 44.8 Å². The van der Waals surface area contributed by atoms with Gasteiger partial charge in [0.05, 0.1) is 23.6 Å². The lowest BCUT2D eigenvalue weighted by Crippen LogP contribution is -2.15. The second-order valence-corrected chi connectivity index (χ2v) is 11.5. The molecule has 4 bridgehead atoms. The third-order valence-corrected chi connectivity index (χ3v) is 7.52. The Hall–Kier alpha value is -2.31. The summed E-state index contributed by atoms with van der Waals surface area (Å²) in [6.45, 7) is 0. The molecule has 2 aromatic carbocycles. The molecule has 1 heterocycles. The molecule has 0 fully saturated rings. The van der Waals surface area contributed by atoms with Crippen LogP contribution in [0.2, 0.25) is 0 Å². The standard InChI is InChI=1S/C20H20N2S2.2BF4/c1-23-11-15-5-3-7-17(19(15)9-21)13-24(2)14-18-8-4-6-16(12-23)20(18)10-22;2*2-1(3,4)5/h3-8H,11-14H2,1-2H3;;/q+2;2*-1. The fraction of sp³-hybridized carbons (Fsp3) is 0.300. The van der Waals surface area contributed by atoms with Crippen molar-refractivity contribution in [1.29, 1.82) is 10.5 Å². The number of nitriles is 2. The van der Waals surface area contributed by atoms with Crippen molar-refractivity contribution in [3.63, 3.8) is 0 Å². The van der Waals surface area contributed by atoms with E-state index in [1.165, 1.54) is 0 Å². The van der Waals surface area contributed by atoms with Crippen molar-refractivity contribution in [2.24, 2.45) is 0 Å². The number of nitrogens with zero attached hydrogens (tertiary/aromatic N) is 2. The Morgan fingerprint density at radius 2 is 0.794 bits per heavy atom. The van der Waals surface area contributed by atoms with Gasteiger partial charge in [-0.1, -0.05) is 36.4 Å². The van der Waals surface area contributed by atoms with E-state index in [1.54, 1.807) is 0 Å². The van der Waals surface area contributed by atoms with Crippen molar-refractivity contribution >= 4 is 36.3 Å². The van der Waals surface area contributed by atoms with Crippen molar-refractivity contribution in [2.75, 3.05) is 12.5 Å². The minimum absolute atomic E-state index is 0.101. The fourth-order valence-corrected chi connectivity index (χ4v) is 6.53. The fourth-order valence-electron chi connectivity index (χ4n) is 3.24. The SMILES string of the molecule is C[S+]1Cc2cccc(c2C#N)C[S+](C)Cc2cccc(c2C#N)C1.F[B-](F)(F)F.F[B-](F)(F)F. The summed E-state index contributed by atoms with van der Waals surface area (Å²) in [6.07, 6.45) is 4.47. The van der Waals surface area contributed by atoms with Crippen LogP contribution in [-0.4, -0.2) is 27.0 Å². The maximum Gasteiger partial charge on any atom is 0.673 e. The van der Waals surface area contributed by atoms with E-state index in [2.05, 4.69) is 61.0 Å². The lowest BCUT2D eigenvalue weighted by molar-refractivity contribution is 0.366. The average molecular weight is 526 g/mol. The van der Waals surface area contributed by atoms with Gasteiger partial charge in [-0.15, -0.1) is 0 Å². The Labute approximate surface area is 198 Å². The molecule has 184 valence electrons. The van der Waals surface area contributed by atoms with Crippen molar-refractivity contribution in [3.8, 4) is 12.1 Å². The van der Waals surface area contributed by atoms with Crippen LogP contribution in [0.3, 0.4) is 0 Å². The summed E-state index contributed by atoms with van der Waals surface area (Å²) >= 11 is 0. The third kappa shape index (κ3) is 11.7. The lowest BCUT2D eigenvalue weighted by atomic mass is 10.0. The van der Waals surface area contributed by atoms with Gasteiger partial charge in [0.2, 0.25) is 0 Å². The van der Waals surface area contributed by atoms with Gasteiger partial charge in [-0.2, -0.15) is 10.5 Å². The highest BCUT2D eigenvalue weighted by atomic mass is 32.2. The van der Waals surface area contributed by atoms with Crippen LogP contribution in [0.15, 0.2) is 36.4 Å². The average Bonchev–Trinajstić information content (AvgIpc) is 2.65. The van der Waals surface area contributed by atoms with Gasteiger partial charge in [-0.25, -0.2) is 0 Å². The van der Waals surface area contributed by atoms with E-state index in [-0.39, 0.29) is 21.8 Å². The first kappa shape index (κ1) is 29.7. The Kier molecular flexibility index (Phi) is 11.3. The van der Waals surface area contributed by atoms with Crippen molar-refractivity contribution in [3.05, 3.63) is 69.8 Å². The summed E-state index contributed by atoms with van der Waals surface area (Å²) in [5, 5.41) is 19.3. The topological polar surface area (TPSA) is 47.6 Å². The van der Waals surface area contributed by atoms with Gasteiger partial charge in [0.25, 0.3) is 0 Å². The number of benzene rings is 2. The van der Waals surface area contributed by atoms with Crippen LogP contribution in [0.4, 0.5) is 34.5 Å². The highest BCUT2D eigenvalue weighted by molar-refractivity contribution is 7.95. The monoisotopic (exact) mass is 526 g/mol. The van der Waals surface area contributed by atoms with Crippen molar-refractivity contribution < 1.29 is 34.5 Å². The molecule has 34 heavy (non-hydrogen) atoms. The summed E-state index contributed by atoms with van der Waals surface area (Å²) in [6, 6.07) is 17.4. The van der Waals surface area contributed by atoms with Gasteiger partial charge in [-0.05, 0) is 21.8 Å². The molecule has 0 amide bonds. The van der Waals surface area contributed by atoms with Crippen molar-refractivity contribution in [2.45, 2.75) is 23.0 Å². The van der Waals surface area contributed by atoms with Crippen LogP contribution in [0.1, 0.15) is 33.4 Å². The molecule has 0 aromatic heterocycles. The van der Waals surface area contributed by atoms with Gasteiger partial charge < -0.3 is 34.5 Å². The van der Waals surface area contributed by atoms with Crippen LogP contribution >= 0.6 is 0 Å². The Bertz CT molecular complexity index is 905. The third-order valence-electron chi connectivity index (χ3n) is 4.31. The molecule has 2 nitrogen and oxygen atoms in total. The molecule has 2 aromatic rings. The number of halogens is 8. The molecule has 0 saturated heterocycles. The molecule has 1 aliphatic rings. The van der Waals surface area contributed by atoms with Gasteiger partial charge in [0.1, 0.15) is 35.1 Å². The van der Waals surface area contributed by atoms with E-state index >= 15 is 0 Å². The van der Waals surface area contributed by atoms with E-state index in [1.807, 2.05) is 0 Å². The second-order valence-electron chi connectivity index (χ2n) is 7.26. The summed E-state index contributed by atoms with van der Waals surface area (Å²) in [5.74, 6) is 3.62. The first-order valence-electron chi connectivity index (χ1n) is 9.57. The number of rotatable bonds is 0. The molecule has 14 heteroatoms. The normalized spacial score (nSPS) is 17.8. The minimum Gasteiger partial charge on any atom is -0.418 e. The zero-order chi connectivity index (χ0) is 26.1. The maximum atomic E-state index is 9.75. The minimum atomic E-state index is -6.00. The van der Waals surface area contributed by atoms with Gasteiger partial charge in [0, 0.05) is 22.3 Å². The molecule has 0 spiro atoms. The molecule has 1 aliphatic heterocycles. The quantitative estimate of drug-likeness (QED) is 0.232. The predicted molar refractivity (Wildman–Crippen MR) is 124 cm³/mol. The molecule has 0 atom stereocenters. The van der Waals surface area contributed by atoms with E-state index in [4.69, 9.17) is 0 Å². The van der Waals surface area contributed by atoms with E-state index in [0.29, 0.717) is 0 Å². The van der Waals surface area contributed by atoms with Gasteiger partial charge in [-0.3, -0.25) is 0 Å².